The summed E-state index contributed by atoms with van der Waals surface area (Å²) in [7, 11) is 0. The summed E-state index contributed by atoms with van der Waals surface area (Å²) in [6.07, 6.45) is 2.34. The number of hydrazone groups is 1. The maximum atomic E-state index is 12.3. The molecule has 3 rings (SSSR count). The number of ether oxygens (including phenoxy) is 3. The molecule has 0 bridgehead atoms. The highest BCUT2D eigenvalue weighted by atomic mass is 16.5. The zero-order valence-electron chi connectivity index (χ0n) is 20.7. The van der Waals surface area contributed by atoms with Gasteiger partial charge in [0.25, 0.3) is 11.8 Å². The Morgan fingerprint density at radius 2 is 1.38 bits per heavy atom. The van der Waals surface area contributed by atoms with Gasteiger partial charge in [-0.3, -0.25) is 9.59 Å². The molecule has 2 amide bonds. The van der Waals surface area contributed by atoms with Crippen LogP contribution in [0, 0.1) is 0 Å². The molecule has 0 unspecified atom stereocenters. The summed E-state index contributed by atoms with van der Waals surface area (Å²) in [5, 5.41) is 6.41. The molecule has 0 aliphatic carbocycles. The number of esters is 1. The van der Waals surface area contributed by atoms with Gasteiger partial charge in [-0.05, 0) is 91.7 Å². The fourth-order valence-corrected chi connectivity index (χ4v) is 3.05. The number of carbonyl (C=O) groups is 3. The van der Waals surface area contributed by atoms with Gasteiger partial charge in [0.2, 0.25) is 0 Å². The van der Waals surface area contributed by atoms with E-state index in [1.54, 1.807) is 72.8 Å². The lowest BCUT2D eigenvalue weighted by molar-refractivity contribution is -0.120. The van der Waals surface area contributed by atoms with E-state index < -0.39 is 11.9 Å². The van der Waals surface area contributed by atoms with Gasteiger partial charge in [0.15, 0.2) is 0 Å². The highest BCUT2D eigenvalue weighted by molar-refractivity contribution is 5.96. The number of hydrogen-bond donors (Lipinski definition) is 2. The van der Waals surface area contributed by atoms with Crippen molar-refractivity contribution in [1.82, 2.24) is 10.7 Å². The Kier molecular flexibility index (Phi) is 10.2. The number of rotatable bonds is 12. The SMILES string of the molecule is CCCOc1ccc(C(=O)Oc2ccc(/C=N/NC(=O)CNC(=O)c3ccc(OCC)cc3)cc2)cc1. The first kappa shape index (κ1) is 26.9. The van der Waals surface area contributed by atoms with Crippen LogP contribution in [0.25, 0.3) is 0 Å². The molecular formula is C28H29N3O6. The van der Waals surface area contributed by atoms with Gasteiger partial charge in [0.1, 0.15) is 17.2 Å². The van der Waals surface area contributed by atoms with E-state index in [2.05, 4.69) is 15.8 Å². The number of carbonyl (C=O) groups excluding carboxylic acids is 3. The molecule has 0 aliphatic rings. The van der Waals surface area contributed by atoms with Crippen molar-refractivity contribution in [3.05, 3.63) is 89.5 Å². The van der Waals surface area contributed by atoms with Crippen LogP contribution in [0.1, 0.15) is 46.5 Å². The van der Waals surface area contributed by atoms with Gasteiger partial charge < -0.3 is 19.5 Å². The quantitative estimate of drug-likeness (QED) is 0.167. The van der Waals surface area contributed by atoms with Crippen LogP contribution in [0.4, 0.5) is 0 Å². The Bertz CT molecular complexity index is 1210. The van der Waals surface area contributed by atoms with E-state index in [1.807, 2.05) is 13.8 Å². The van der Waals surface area contributed by atoms with Crippen molar-refractivity contribution in [1.29, 1.82) is 0 Å². The third kappa shape index (κ3) is 8.81. The highest BCUT2D eigenvalue weighted by Gasteiger charge is 2.10. The highest BCUT2D eigenvalue weighted by Crippen LogP contribution is 2.17. The van der Waals surface area contributed by atoms with Gasteiger partial charge in [-0.25, -0.2) is 10.2 Å². The first-order chi connectivity index (χ1) is 18.0. The Morgan fingerprint density at radius 3 is 2.00 bits per heavy atom. The van der Waals surface area contributed by atoms with E-state index in [1.165, 1.54) is 6.21 Å². The van der Waals surface area contributed by atoms with Crippen LogP contribution in [-0.4, -0.2) is 43.8 Å². The van der Waals surface area contributed by atoms with Crippen molar-refractivity contribution in [2.45, 2.75) is 20.3 Å². The normalized spacial score (nSPS) is 10.5. The molecule has 2 N–H and O–H groups in total. The molecule has 0 fully saturated rings. The van der Waals surface area contributed by atoms with Crippen LogP contribution in [0.3, 0.4) is 0 Å². The number of benzene rings is 3. The van der Waals surface area contributed by atoms with Crippen molar-refractivity contribution >= 4 is 24.0 Å². The van der Waals surface area contributed by atoms with Gasteiger partial charge in [0.05, 0.1) is 31.5 Å². The number of nitrogens with zero attached hydrogens (tertiary/aromatic N) is 1. The molecule has 3 aromatic carbocycles. The second-order valence-corrected chi connectivity index (χ2v) is 7.76. The molecule has 0 radical (unpaired) electrons. The molecule has 0 aliphatic heterocycles. The standard InChI is InChI=1S/C28H29N3O6/c1-3-17-36-24-15-9-22(10-16-24)28(34)37-25-11-5-20(6-12-25)18-30-31-26(32)19-29-27(33)21-7-13-23(14-8-21)35-4-2/h5-16,18H,3-4,17,19H2,1-2H3,(H,29,33)(H,31,32)/b30-18+. The van der Waals surface area contributed by atoms with Crippen molar-refractivity contribution < 1.29 is 28.6 Å². The summed E-state index contributed by atoms with van der Waals surface area (Å²) in [6.45, 7) is 4.82. The maximum Gasteiger partial charge on any atom is 0.343 e. The van der Waals surface area contributed by atoms with E-state index in [0.29, 0.717) is 47.2 Å². The Balaban J connectivity index is 1.41. The van der Waals surface area contributed by atoms with Crippen LogP contribution in [0.5, 0.6) is 17.2 Å². The second-order valence-electron chi connectivity index (χ2n) is 7.76. The number of nitrogens with one attached hydrogen (secondary N) is 2. The Hall–Kier alpha value is -4.66. The van der Waals surface area contributed by atoms with Crippen molar-refractivity contribution in [2.75, 3.05) is 19.8 Å². The summed E-state index contributed by atoms with van der Waals surface area (Å²) in [5.74, 6) is 0.391. The number of amides is 2. The number of hydrogen-bond acceptors (Lipinski definition) is 7. The fourth-order valence-electron chi connectivity index (χ4n) is 3.05. The predicted octanol–water partition coefficient (Wildman–Crippen LogP) is 3.97. The van der Waals surface area contributed by atoms with Crippen LogP contribution >= 0.6 is 0 Å². The molecule has 0 aromatic heterocycles. The van der Waals surface area contributed by atoms with Crippen LogP contribution in [0.15, 0.2) is 77.9 Å². The molecule has 0 spiro atoms. The molecule has 0 saturated carbocycles. The molecule has 0 atom stereocenters. The van der Waals surface area contributed by atoms with Crippen LogP contribution in [0.2, 0.25) is 0 Å². The molecular weight excluding hydrogens is 474 g/mol. The lowest BCUT2D eigenvalue weighted by Gasteiger charge is -2.07. The van der Waals surface area contributed by atoms with Gasteiger partial charge >= 0.3 is 5.97 Å². The van der Waals surface area contributed by atoms with Crippen LogP contribution in [-0.2, 0) is 4.79 Å². The van der Waals surface area contributed by atoms with Crippen LogP contribution < -0.4 is 25.0 Å². The largest absolute Gasteiger partial charge is 0.494 e. The minimum Gasteiger partial charge on any atom is -0.494 e. The molecule has 0 saturated heterocycles. The third-order valence-electron chi connectivity index (χ3n) is 4.89. The van der Waals surface area contributed by atoms with Crippen molar-refractivity contribution in [3.63, 3.8) is 0 Å². The molecule has 9 nitrogen and oxygen atoms in total. The summed E-state index contributed by atoms with van der Waals surface area (Å²) >= 11 is 0. The maximum absolute atomic E-state index is 12.3. The molecule has 9 heteroatoms. The zero-order valence-corrected chi connectivity index (χ0v) is 20.7. The van der Waals surface area contributed by atoms with E-state index in [4.69, 9.17) is 14.2 Å². The Morgan fingerprint density at radius 1 is 0.784 bits per heavy atom. The monoisotopic (exact) mass is 503 g/mol. The van der Waals surface area contributed by atoms with Gasteiger partial charge in [-0.15, -0.1) is 0 Å². The molecule has 3 aromatic rings. The van der Waals surface area contributed by atoms with Gasteiger partial charge in [-0.2, -0.15) is 5.10 Å². The Labute approximate surface area is 215 Å². The fraction of sp³-hybridized carbons (Fsp3) is 0.214. The van der Waals surface area contributed by atoms with E-state index in [0.717, 1.165) is 6.42 Å². The van der Waals surface area contributed by atoms with Gasteiger partial charge in [0, 0.05) is 5.56 Å². The topological polar surface area (TPSA) is 115 Å². The average molecular weight is 504 g/mol. The van der Waals surface area contributed by atoms with Crippen molar-refractivity contribution in [3.8, 4) is 17.2 Å². The molecule has 37 heavy (non-hydrogen) atoms. The zero-order chi connectivity index (χ0) is 26.5. The minimum atomic E-state index is -0.483. The lowest BCUT2D eigenvalue weighted by Crippen LogP contribution is -2.34. The summed E-state index contributed by atoms with van der Waals surface area (Å²) in [4.78, 5) is 36.5. The van der Waals surface area contributed by atoms with E-state index >= 15 is 0 Å². The average Bonchev–Trinajstić information content (AvgIpc) is 2.92. The predicted molar refractivity (Wildman–Crippen MR) is 139 cm³/mol. The lowest BCUT2D eigenvalue weighted by atomic mass is 10.2. The molecule has 0 heterocycles. The smallest absolute Gasteiger partial charge is 0.343 e. The summed E-state index contributed by atoms with van der Waals surface area (Å²) in [6, 6.07) is 20.0. The first-order valence-electron chi connectivity index (χ1n) is 11.9. The minimum absolute atomic E-state index is 0.232. The van der Waals surface area contributed by atoms with E-state index in [9.17, 15) is 14.4 Å². The van der Waals surface area contributed by atoms with E-state index in [-0.39, 0.29) is 12.5 Å². The molecule has 192 valence electrons. The summed E-state index contributed by atoms with van der Waals surface area (Å²) < 4.78 is 16.2. The van der Waals surface area contributed by atoms with Gasteiger partial charge in [-0.1, -0.05) is 6.92 Å². The first-order valence-corrected chi connectivity index (χ1v) is 11.9. The third-order valence-corrected chi connectivity index (χ3v) is 4.89. The van der Waals surface area contributed by atoms with Crippen molar-refractivity contribution in [2.24, 2.45) is 5.10 Å². The summed E-state index contributed by atoms with van der Waals surface area (Å²) in [5.41, 5.74) is 3.85. The second kappa shape index (κ2) is 14.0.